The summed E-state index contributed by atoms with van der Waals surface area (Å²) < 4.78 is 22.1. The van der Waals surface area contributed by atoms with Crippen molar-refractivity contribution in [3.05, 3.63) is 83.4 Å². The number of carbonyl (C=O) groups is 2. The van der Waals surface area contributed by atoms with Crippen LogP contribution in [0.1, 0.15) is 37.4 Å². The lowest BCUT2D eigenvalue weighted by molar-refractivity contribution is -0.132. The van der Waals surface area contributed by atoms with E-state index in [1.54, 1.807) is 66.7 Å². The number of benzene rings is 3. The lowest BCUT2D eigenvalue weighted by Crippen LogP contribution is -2.29. The van der Waals surface area contributed by atoms with E-state index >= 15 is 0 Å². The first-order valence-corrected chi connectivity index (χ1v) is 12.2. The van der Waals surface area contributed by atoms with E-state index in [1.807, 2.05) is 13.8 Å². The van der Waals surface area contributed by atoms with Gasteiger partial charge in [0, 0.05) is 17.3 Å². The maximum atomic E-state index is 13.4. The summed E-state index contributed by atoms with van der Waals surface area (Å²) in [4.78, 5) is 28.2. The minimum absolute atomic E-state index is 0.00551. The van der Waals surface area contributed by atoms with Crippen molar-refractivity contribution in [3.63, 3.8) is 0 Å². The summed E-state index contributed by atoms with van der Waals surface area (Å²) >= 11 is 0. The van der Waals surface area contributed by atoms with Crippen molar-refractivity contribution in [1.82, 2.24) is 0 Å². The van der Waals surface area contributed by atoms with E-state index in [0.717, 1.165) is 6.42 Å². The number of anilines is 1. The van der Waals surface area contributed by atoms with E-state index in [1.165, 1.54) is 4.90 Å². The number of amides is 1. The fourth-order valence-corrected chi connectivity index (χ4v) is 4.45. The Bertz CT molecular complexity index is 1350. The number of hydrogen-bond donors (Lipinski definition) is 1. The maximum absolute atomic E-state index is 13.4. The fraction of sp³-hybridized carbons (Fsp3) is 0.241. The van der Waals surface area contributed by atoms with E-state index in [-0.39, 0.29) is 18.1 Å². The van der Waals surface area contributed by atoms with Gasteiger partial charge in [-0.2, -0.15) is 0 Å². The van der Waals surface area contributed by atoms with Gasteiger partial charge in [0.25, 0.3) is 11.7 Å². The molecule has 3 aromatic rings. The highest BCUT2D eigenvalue weighted by molar-refractivity contribution is 6.51. The van der Waals surface area contributed by atoms with Crippen molar-refractivity contribution in [1.29, 1.82) is 0 Å². The highest BCUT2D eigenvalue weighted by Crippen LogP contribution is 2.45. The number of fused-ring (bicyclic) bond motifs is 1. The van der Waals surface area contributed by atoms with E-state index in [9.17, 15) is 14.7 Å². The first-order chi connectivity index (χ1) is 18.0. The van der Waals surface area contributed by atoms with Crippen molar-refractivity contribution >= 4 is 23.1 Å². The van der Waals surface area contributed by atoms with Crippen LogP contribution in [-0.4, -0.2) is 36.8 Å². The Balaban J connectivity index is 1.61. The second-order valence-electron chi connectivity index (χ2n) is 8.58. The summed E-state index contributed by atoms with van der Waals surface area (Å²) in [5.74, 6) is 0.567. The van der Waals surface area contributed by atoms with Crippen LogP contribution >= 0.6 is 0 Å². The molecule has 1 unspecified atom stereocenters. The number of aliphatic hydroxyl groups is 1. The average Bonchev–Trinajstić information content (AvgIpc) is 3.50. The number of carbonyl (C=O) groups excluding carboxylic acids is 2. The molecule has 8 heteroatoms. The van der Waals surface area contributed by atoms with Crippen LogP contribution in [0.3, 0.4) is 0 Å². The SMILES string of the molecule is CCCOc1ccc(/C(O)=C2\C(=O)C(=O)N(c3ccc4c(c3)OCO4)C2c2ccc(OCC)cc2)cc1. The van der Waals surface area contributed by atoms with Gasteiger partial charge in [-0.15, -0.1) is 0 Å². The van der Waals surface area contributed by atoms with Crippen molar-refractivity contribution < 1.29 is 33.6 Å². The van der Waals surface area contributed by atoms with Crippen molar-refractivity contribution in [3.8, 4) is 23.0 Å². The Morgan fingerprint density at radius 2 is 1.59 bits per heavy atom. The molecule has 1 saturated heterocycles. The van der Waals surface area contributed by atoms with Crippen LogP contribution in [-0.2, 0) is 9.59 Å². The molecule has 0 saturated carbocycles. The molecule has 0 aliphatic carbocycles. The van der Waals surface area contributed by atoms with E-state index in [2.05, 4.69) is 0 Å². The standard InChI is InChI=1S/C29H27NO7/c1-3-15-35-22-12-7-19(8-13-22)27(31)25-26(18-5-10-21(11-6-18)34-4-2)30(29(33)28(25)32)20-9-14-23-24(16-20)37-17-36-23/h5-14,16,26,31H,3-4,15,17H2,1-2H3/b27-25+. The molecule has 1 amide bonds. The minimum atomic E-state index is -0.868. The molecule has 37 heavy (non-hydrogen) atoms. The second kappa shape index (κ2) is 10.3. The highest BCUT2D eigenvalue weighted by Gasteiger charge is 2.47. The van der Waals surface area contributed by atoms with E-state index in [4.69, 9.17) is 18.9 Å². The lowest BCUT2D eigenvalue weighted by atomic mass is 9.95. The quantitative estimate of drug-likeness (QED) is 0.257. The fourth-order valence-electron chi connectivity index (χ4n) is 4.45. The smallest absolute Gasteiger partial charge is 0.300 e. The van der Waals surface area contributed by atoms with Gasteiger partial charge in [-0.3, -0.25) is 14.5 Å². The molecule has 3 aromatic carbocycles. The van der Waals surface area contributed by atoms with Crippen molar-refractivity contribution in [2.45, 2.75) is 26.3 Å². The number of rotatable bonds is 8. The molecule has 0 aromatic heterocycles. The molecule has 8 nitrogen and oxygen atoms in total. The van der Waals surface area contributed by atoms with E-state index in [0.29, 0.717) is 53.0 Å². The van der Waals surface area contributed by atoms with Gasteiger partial charge in [-0.25, -0.2) is 0 Å². The number of ether oxygens (including phenoxy) is 4. The van der Waals surface area contributed by atoms with E-state index < -0.39 is 17.7 Å². The Kier molecular flexibility index (Phi) is 6.72. The molecule has 0 spiro atoms. The van der Waals surface area contributed by atoms with Gasteiger partial charge in [-0.05, 0) is 67.4 Å². The molecule has 0 bridgehead atoms. The molecular formula is C29H27NO7. The predicted octanol–water partition coefficient (Wildman–Crippen LogP) is 5.23. The minimum Gasteiger partial charge on any atom is -0.507 e. The van der Waals surface area contributed by atoms with Crippen LogP contribution in [0.15, 0.2) is 72.3 Å². The molecule has 0 radical (unpaired) electrons. The molecule has 190 valence electrons. The average molecular weight is 502 g/mol. The van der Waals surface area contributed by atoms with Crippen LogP contribution in [0.25, 0.3) is 5.76 Å². The molecule has 2 heterocycles. The maximum Gasteiger partial charge on any atom is 0.300 e. The zero-order chi connectivity index (χ0) is 25.9. The third-order valence-electron chi connectivity index (χ3n) is 6.19. The second-order valence-corrected chi connectivity index (χ2v) is 8.58. The summed E-state index contributed by atoms with van der Waals surface area (Å²) in [5, 5.41) is 11.3. The Hall–Kier alpha value is -4.46. The Morgan fingerprint density at radius 1 is 0.919 bits per heavy atom. The zero-order valence-corrected chi connectivity index (χ0v) is 20.6. The van der Waals surface area contributed by atoms with Crippen LogP contribution in [0, 0.1) is 0 Å². The molecule has 1 fully saturated rings. The van der Waals surface area contributed by atoms with Gasteiger partial charge in [0.15, 0.2) is 11.5 Å². The Morgan fingerprint density at radius 3 is 2.30 bits per heavy atom. The third-order valence-corrected chi connectivity index (χ3v) is 6.19. The van der Waals surface area contributed by atoms with Gasteiger partial charge in [0.05, 0.1) is 24.8 Å². The highest BCUT2D eigenvalue weighted by atomic mass is 16.7. The van der Waals surface area contributed by atoms with Gasteiger partial charge in [0.2, 0.25) is 6.79 Å². The number of hydrogen-bond acceptors (Lipinski definition) is 7. The molecule has 5 rings (SSSR count). The summed E-state index contributed by atoms with van der Waals surface area (Å²) in [6.45, 7) is 5.07. The number of nitrogens with zero attached hydrogens (tertiary/aromatic N) is 1. The first-order valence-electron chi connectivity index (χ1n) is 12.2. The molecule has 2 aliphatic rings. The topological polar surface area (TPSA) is 94.5 Å². The first kappa shape index (κ1) is 24.2. The summed E-state index contributed by atoms with van der Waals surface area (Å²) in [6, 6.07) is 18.1. The van der Waals surface area contributed by atoms with Gasteiger partial charge < -0.3 is 24.1 Å². The van der Waals surface area contributed by atoms with Crippen molar-refractivity contribution in [2.24, 2.45) is 0 Å². The summed E-state index contributed by atoms with van der Waals surface area (Å²) in [6.07, 6.45) is 0.868. The zero-order valence-electron chi connectivity index (χ0n) is 20.6. The van der Waals surface area contributed by atoms with Crippen LogP contribution in [0.4, 0.5) is 5.69 Å². The predicted molar refractivity (Wildman–Crippen MR) is 137 cm³/mol. The normalized spacial score (nSPS) is 17.8. The van der Waals surface area contributed by atoms with Crippen LogP contribution in [0.2, 0.25) is 0 Å². The molecule has 1 N–H and O–H groups in total. The third kappa shape index (κ3) is 4.58. The van der Waals surface area contributed by atoms with Crippen LogP contribution < -0.4 is 23.8 Å². The molecule has 2 aliphatic heterocycles. The number of Topliss-reactive ketones (excluding diaryl/α,β-unsaturated/α-hetero) is 1. The van der Waals surface area contributed by atoms with Crippen molar-refractivity contribution in [2.75, 3.05) is 24.9 Å². The van der Waals surface area contributed by atoms with Gasteiger partial charge in [0.1, 0.15) is 17.3 Å². The number of ketones is 1. The summed E-state index contributed by atoms with van der Waals surface area (Å²) in [7, 11) is 0. The molecule has 1 atom stereocenters. The lowest BCUT2D eigenvalue weighted by Gasteiger charge is -2.25. The largest absolute Gasteiger partial charge is 0.507 e. The monoisotopic (exact) mass is 501 g/mol. The van der Waals surface area contributed by atoms with Gasteiger partial charge in [-0.1, -0.05) is 19.1 Å². The summed E-state index contributed by atoms with van der Waals surface area (Å²) in [5.41, 5.74) is 1.50. The number of aliphatic hydroxyl groups excluding tert-OH is 1. The molecular weight excluding hydrogens is 474 g/mol. The van der Waals surface area contributed by atoms with Crippen LogP contribution in [0.5, 0.6) is 23.0 Å². The van der Waals surface area contributed by atoms with Gasteiger partial charge >= 0.3 is 0 Å². The Labute approximate surface area is 214 Å².